The second-order valence-electron chi connectivity index (χ2n) is 8.11. The number of halogens is 2. The van der Waals surface area contributed by atoms with Crippen molar-refractivity contribution in [2.75, 3.05) is 7.05 Å². The Balaban J connectivity index is 1.81. The molecule has 1 spiro atoms. The summed E-state index contributed by atoms with van der Waals surface area (Å²) >= 11 is 3.24. The number of carbonyl (C=O) groups is 3. The summed E-state index contributed by atoms with van der Waals surface area (Å²) in [7, 11) is 1.36. The molecular formula is C21H23BrFN5O4. The van der Waals surface area contributed by atoms with Crippen molar-refractivity contribution in [3.05, 3.63) is 34.1 Å². The molecule has 1 aromatic rings. The highest BCUT2D eigenvalue weighted by Gasteiger charge is 2.51. The summed E-state index contributed by atoms with van der Waals surface area (Å²) in [6.45, 7) is 1.73. The van der Waals surface area contributed by atoms with E-state index >= 15 is 0 Å². The van der Waals surface area contributed by atoms with Gasteiger partial charge >= 0.3 is 17.9 Å². The van der Waals surface area contributed by atoms with Crippen LogP contribution in [0.5, 0.6) is 0 Å². The van der Waals surface area contributed by atoms with Crippen molar-refractivity contribution in [2.45, 2.75) is 50.7 Å². The number of nitrogens with one attached hydrogen (secondary N) is 3. The first-order valence-electron chi connectivity index (χ1n) is 10.1. The zero-order valence-corrected chi connectivity index (χ0v) is 19.2. The maximum atomic E-state index is 14.1. The van der Waals surface area contributed by atoms with Crippen molar-refractivity contribution < 1.29 is 23.5 Å². The molecule has 3 N–H and O–H groups in total. The minimum absolute atomic E-state index is 0.209. The summed E-state index contributed by atoms with van der Waals surface area (Å²) in [4.78, 5) is 35.3. The van der Waals surface area contributed by atoms with Gasteiger partial charge in [0.15, 0.2) is 5.60 Å². The summed E-state index contributed by atoms with van der Waals surface area (Å²) in [6, 6.07) is 6.46. The molecule has 1 saturated carbocycles. The summed E-state index contributed by atoms with van der Waals surface area (Å²) in [5.74, 6) is -1.99. The maximum absolute atomic E-state index is 14.1. The van der Waals surface area contributed by atoms with Crippen LogP contribution >= 0.6 is 15.9 Å². The Kier molecular flexibility index (Phi) is 6.83. The van der Waals surface area contributed by atoms with Gasteiger partial charge in [-0.1, -0.05) is 12.1 Å². The number of nitrogens with zero attached hydrogens (tertiary/aromatic N) is 2. The molecule has 0 aromatic heterocycles. The van der Waals surface area contributed by atoms with Crippen LogP contribution in [0.3, 0.4) is 0 Å². The quantitative estimate of drug-likeness (QED) is 0.538. The normalized spacial score (nSPS) is 25.6. The van der Waals surface area contributed by atoms with Crippen LogP contribution in [0.2, 0.25) is 0 Å². The van der Waals surface area contributed by atoms with E-state index in [2.05, 4.69) is 43.2 Å². The SMILES string of the molecule is CNC(=O)C(=O)N[C@@H](C)CC1(C#N)CCC2(CC1)OC(=O)NN=C2c1cccc(F)c1Br. The molecule has 2 aliphatic rings. The number of carbonyl (C=O) groups excluding carboxylic acids is 3. The van der Waals surface area contributed by atoms with Crippen LogP contribution in [0.4, 0.5) is 9.18 Å². The fourth-order valence-corrected chi connectivity index (χ4v) is 4.77. The van der Waals surface area contributed by atoms with Gasteiger partial charge in [0.25, 0.3) is 0 Å². The number of benzene rings is 1. The van der Waals surface area contributed by atoms with Crippen LogP contribution < -0.4 is 16.1 Å². The third kappa shape index (κ3) is 4.60. The van der Waals surface area contributed by atoms with Crippen molar-refractivity contribution in [3.8, 4) is 6.07 Å². The lowest BCUT2D eigenvalue weighted by atomic mass is 9.65. The molecule has 0 unspecified atom stereocenters. The molecule has 1 aliphatic carbocycles. The van der Waals surface area contributed by atoms with Crippen LogP contribution in [0, 0.1) is 22.6 Å². The van der Waals surface area contributed by atoms with E-state index < -0.39 is 40.8 Å². The van der Waals surface area contributed by atoms with Gasteiger partial charge in [-0.3, -0.25) is 9.59 Å². The van der Waals surface area contributed by atoms with Gasteiger partial charge < -0.3 is 15.4 Å². The predicted molar refractivity (Wildman–Crippen MR) is 116 cm³/mol. The first-order chi connectivity index (χ1) is 15.1. The second kappa shape index (κ2) is 9.24. The van der Waals surface area contributed by atoms with Gasteiger partial charge in [-0.2, -0.15) is 10.4 Å². The number of hydrogen-bond acceptors (Lipinski definition) is 6. The minimum atomic E-state index is -1.10. The van der Waals surface area contributed by atoms with E-state index in [0.717, 1.165) is 0 Å². The van der Waals surface area contributed by atoms with Gasteiger partial charge in [-0.05, 0) is 61.0 Å². The highest BCUT2D eigenvalue weighted by atomic mass is 79.9. The maximum Gasteiger partial charge on any atom is 0.428 e. The molecule has 1 heterocycles. The van der Waals surface area contributed by atoms with Crippen molar-refractivity contribution in [1.82, 2.24) is 16.1 Å². The molecule has 3 rings (SSSR count). The number of likely N-dealkylation sites (N-methyl/N-ethyl adjacent to an activating group) is 1. The van der Waals surface area contributed by atoms with Gasteiger partial charge in [0, 0.05) is 18.7 Å². The standard InChI is InChI=1S/C21H23BrFN5O4/c1-12(26-18(30)17(29)25-2)10-20(11-24)6-8-21(9-7-20)16(27-28-19(31)32-21)13-4-3-5-14(23)15(13)22/h3-5,12H,6-10H2,1-2H3,(H,25,29)(H,26,30)(H,28,31)/t12-,20?,21?/m0/s1. The Bertz CT molecular complexity index is 1010. The Morgan fingerprint density at radius 1 is 1.34 bits per heavy atom. The molecule has 32 heavy (non-hydrogen) atoms. The Hall–Kier alpha value is -3.00. The largest absolute Gasteiger partial charge is 0.435 e. The van der Waals surface area contributed by atoms with E-state index in [1.807, 2.05) is 0 Å². The number of nitriles is 1. The van der Waals surface area contributed by atoms with Crippen molar-refractivity contribution in [3.63, 3.8) is 0 Å². The topological polar surface area (TPSA) is 133 Å². The van der Waals surface area contributed by atoms with E-state index in [1.165, 1.54) is 13.1 Å². The van der Waals surface area contributed by atoms with Crippen LogP contribution in [0.15, 0.2) is 27.8 Å². The van der Waals surface area contributed by atoms with Crippen LogP contribution in [-0.2, 0) is 14.3 Å². The molecule has 0 bridgehead atoms. The number of hydrazone groups is 1. The van der Waals surface area contributed by atoms with Gasteiger partial charge in [0.05, 0.1) is 16.0 Å². The lowest BCUT2D eigenvalue weighted by Crippen LogP contribution is -2.54. The lowest BCUT2D eigenvalue weighted by Gasteiger charge is -2.45. The molecule has 11 heteroatoms. The Morgan fingerprint density at radius 2 is 2.03 bits per heavy atom. The minimum Gasteiger partial charge on any atom is -0.435 e. The van der Waals surface area contributed by atoms with Crippen molar-refractivity contribution in [1.29, 1.82) is 5.26 Å². The summed E-state index contributed by atoms with van der Waals surface area (Å²) in [5, 5.41) is 19.0. The smallest absolute Gasteiger partial charge is 0.428 e. The molecule has 1 aliphatic heterocycles. The second-order valence-corrected chi connectivity index (χ2v) is 8.90. The molecule has 3 amide bonds. The van der Waals surface area contributed by atoms with E-state index in [9.17, 15) is 24.0 Å². The number of rotatable bonds is 4. The van der Waals surface area contributed by atoms with E-state index in [-0.39, 0.29) is 4.47 Å². The average Bonchev–Trinajstić information content (AvgIpc) is 2.77. The van der Waals surface area contributed by atoms with Gasteiger partial charge in [-0.15, -0.1) is 0 Å². The van der Waals surface area contributed by atoms with Gasteiger partial charge in [0.1, 0.15) is 11.5 Å². The summed E-state index contributed by atoms with van der Waals surface area (Å²) < 4.78 is 20.0. The molecule has 1 aromatic carbocycles. The molecular weight excluding hydrogens is 485 g/mol. The average molecular weight is 508 g/mol. The predicted octanol–water partition coefficient (Wildman–Crippen LogP) is 2.50. The number of ether oxygens (including phenoxy) is 1. The fraction of sp³-hybridized carbons (Fsp3) is 0.476. The van der Waals surface area contributed by atoms with Crippen molar-refractivity contribution >= 4 is 39.5 Å². The molecule has 1 atom stereocenters. The first-order valence-corrected chi connectivity index (χ1v) is 10.9. The summed E-state index contributed by atoms with van der Waals surface area (Å²) in [6.07, 6.45) is 0.936. The molecule has 9 nitrogen and oxygen atoms in total. The Labute approximate surface area is 192 Å². The van der Waals surface area contributed by atoms with Crippen LogP contribution in [0.1, 0.15) is 44.6 Å². The number of amides is 3. The fourth-order valence-electron chi connectivity index (χ4n) is 4.32. The van der Waals surface area contributed by atoms with E-state index in [4.69, 9.17) is 4.74 Å². The number of hydrogen-bond donors (Lipinski definition) is 3. The van der Waals surface area contributed by atoms with Crippen LogP contribution in [0.25, 0.3) is 0 Å². The first kappa shape index (κ1) is 23.7. The molecule has 0 saturated heterocycles. The molecule has 170 valence electrons. The van der Waals surface area contributed by atoms with Gasteiger partial charge in [-0.25, -0.2) is 14.6 Å². The lowest BCUT2D eigenvalue weighted by molar-refractivity contribution is -0.139. The zero-order chi connectivity index (χ0) is 23.5. The molecule has 1 fully saturated rings. The van der Waals surface area contributed by atoms with E-state index in [1.54, 1.807) is 19.1 Å². The van der Waals surface area contributed by atoms with Crippen molar-refractivity contribution in [2.24, 2.45) is 10.5 Å². The summed E-state index contributed by atoms with van der Waals surface area (Å²) in [5.41, 5.74) is 1.24. The molecule has 0 radical (unpaired) electrons. The Morgan fingerprint density at radius 3 is 2.66 bits per heavy atom. The highest BCUT2D eigenvalue weighted by Crippen LogP contribution is 2.47. The third-order valence-electron chi connectivity index (χ3n) is 5.95. The third-order valence-corrected chi connectivity index (χ3v) is 6.75. The van der Waals surface area contributed by atoms with Gasteiger partial charge in [0.2, 0.25) is 0 Å². The van der Waals surface area contributed by atoms with Crippen LogP contribution in [-0.4, -0.2) is 42.3 Å². The zero-order valence-electron chi connectivity index (χ0n) is 17.6. The monoisotopic (exact) mass is 507 g/mol. The highest BCUT2D eigenvalue weighted by molar-refractivity contribution is 9.10. The van der Waals surface area contributed by atoms with E-state index in [0.29, 0.717) is 43.4 Å².